The average Bonchev–Trinajstić information content (AvgIpc) is 3.00. The predicted octanol–water partition coefficient (Wildman–Crippen LogP) is 4.94. The number of aromatic nitrogens is 4. The van der Waals surface area contributed by atoms with Crippen molar-refractivity contribution in [1.29, 1.82) is 0 Å². The SMILES string of the molecule is Cc1cc(Nc2cc(C)[nH]n2)nc(Sc2ccc(NC(=O)NC(C)(C)C)cc2C)n1. The quantitative estimate of drug-likeness (QED) is 0.431. The van der Waals surface area contributed by atoms with E-state index in [0.29, 0.717) is 16.8 Å². The van der Waals surface area contributed by atoms with Crippen LogP contribution in [0.4, 0.5) is 22.1 Å². The van der Waals surface area contributed by atoms with Crippen molar-refractivity contribution in [2.45, 2.75) is 57.1 Å². The minimum absolute atomic E-state index is 0.228. The summed E-state index contributed by atoms with van der Waals surface area (Å²) in [4.78, 5) is 22.2. The summed E-state index contributed by atoms with van der Waals surface area (Å²) in [6.07, 6.45) is 0. The van der Waals surface area contributed by atoms with Crippen LogP contribution in [0.25, 0.3) is 0 Å². The van der Waals surface area contributed by atoms with E-state index in [1.165, 1.54) is 11.8 Å². The number of carbonyl (C=O) groups is 1. The molecule has 2 heterocycles. The number of aryl methyl sites for hydroxylation is 3. The molecule has 4 N–H and O–H groups in total. The molecule has 8 nitrogen and oxygen atoms in total. The Kier molecular flexibility index (Phi) is 6.31. The smallest absolute Gasteiger partial charge is 0.319 e. The number of carbonyl (C=O) groups excluding carboxylic acids is 1. The number of anilines is 3. The first-order chi connectivity index (χ1) is 14.1. The van der Waals surface area contributed by atoms with E-state index >= 15 is 0 Å². The van der Waals surface area contributed by atoms with E-state index in [0.717, 1.165) is 27.5 Å². The highest BCUT2D eigenvalue weighted by Crippen LogP contribution is 2.30. The van der Waals surface area contributed by atoms with E-state index in [4.69, 9.17) is 0 Å². The Labute approximate surface area is 180 Å². The number of nitrogens with one attached hydrogen (secondary N) is 4. The predicted molar refractivity (Wildman–Crippen MR) is 121 cm³/mol. The van der Waals surface area contributed by atoms with Crippen LogP contribution < -0.4 is 16.0 Å². The first kappa shape index (κ1) is 21.6. The summed E-state index contributed by atoms with van der Waals surface area (Å²) in [5.74, 6) is 1.40. The molecule has 2 aromatic heterocycles. The maximum atomic E-state index is 12.1. The van der Waals surface area contributed by atoms with Gasteiger partial charge in [0.1, 0.15) is 5.82 Å². The van der Waals surface area contributed by atoms with Crippen molar-refractivity contribution in [1.82, 2.24) is 25.5 Å². The van der Waals surface area contributed by atoms with Gasteiger partial charge in [-0.05, 0) is 77.1 Å². The van der Waals surface area contributed by atoms with E-state index in [1.807, 2.05) is 71.9 Å². The minimum atomic E-state index is -0.294. The first-order valence-corrected chi connectivity index (χ1v) is 10.4. The van der Waals surface area contributed by atoms with Crippen LogP contribution in [0.1, 0.15) is 37.7 Å². The van der Waals surface area contributed by atoms with Gasteiger partial charge >= 0.3 is 6.03 Å². The second-order valence-corrected chi connectivity index (χ2v) is 9.16. The fraction of sp³-hybridized carbons (Fsp3) is 0.333. The summed E-state index contributed by atoms with van der Waals surface area (Å²) >= 11 is 1.48. The Morgan fingerprint density at radius 2 is 1.80 bits per heavy atom. The number of hydrogen-bond acceptors (Lipinski definition) is 6. The molecule has 0 radical (unpaired) electrons. The van der Waals surface area contributed by atoms with Crippen molar-refractivity contribution >= 4 is 35.1 Å². The molecule has 3 aromatic rings. The van der Waals surface area contributed by atoms with Gasteiger partial charge in [0.05, 0.1) is 0 Å². The first-order valence-electron chi connectivity index (χ1n) is 9.60. The second-order valence-electron chi connectivity index (χ2n) is 8.15. The van der Waals surface area contributed by atoms with Crippen molar-refractivity contribution in [3.05, 3.63) is 47.3 Å². The number of urea groups is 1. The summed E-state index contributed by atoms with van der Waals surface area (Å²) < 4.78 is 0. The van der Waals surface area contributed by atoms with Crippen LogP contribution in [0, 0.1) is 20.8 Å². The Bertz CT molecular complexity index is 1060. The molecule has 0 aliphatic rings. The van der Waals surface area contributed by atoms with Gasteiger partial charge in [-0.1, -0.05) is 0 Å². The standard InChI is InChI=1S/C21H27N7OS/c1-12-9-15(23-19(29)26-21(4,5)6)7-8-16(12)30-20-22-13(2)10-17(25-20)24-18-11-14(3)27-28-18/h7-11H,1-6H3,(H2,23,26,29)(H2,22,24,25,27,28). The Morgan fingerprint density at radius 1 is 1.03 bits per heavy atom. The van der Waals surface area contributed by atoms with E-state index in [9.17, 15) is 4.79 Å². The lowest BCUT2D eigenvalue weighted by Crippen LogP contribution is -2.43. The van der Waals surface area contributed by atoms with E-state index in [-0.39, 0.29) is 11.6 Å². The zero-order chi connectivity index (χ0) is 21.9. The minimum Gasteiger partial charge on any atom is -0.333 e. The zero-order valence-corrected chi connectivity index (χ0v) is 18.9. The lowest BCUT2D eigenvalue weighted by molar-refractivity contribution is 0.244. The van der Waals surface area contributed by atoms with E-state index < -0.39 is 0 Å². The van der Waals surface area contributed by atoms with Gasteiger partial charge in [0.25, 0.3) is 0 Å². The molecule has 2 amide bonds. The van der Waals surface area contributed by atoms with Crippen LogP contribution in [0.3, 0.4) is 0 Å². The van der Waals surface area contributed by atoms with Gasteiger partial charge in [-0.2, -0.15) is 5.10 Å². The van der Waals surface area contributed by atoms with Crippen LogP contribution in [-0.4, -0.2) is 31.7 Å². The largest absolute Gasteiger partial charge is 0.333 e. The fourth-order valence-electron chi connectivity index (χ4n) is 2.71. The lowest BCUT2D eigenvalue weighted by atomic mass is 10.1. The molecule has 1 aromatic carbocycles. The number of nitrogens with zero attached hydrogens (tertiary/aromatic N) is 3. The van der Waals surface area contributed by atoms with E-state index in [1.54, 1.807) is 0 Å². The number of aromatic amines is 1. The maximum absolute atomic E-state index is 12.1. The highest BCUT2D eigenvalue weighted by Gasteiger charge is 2.14. The van der Waals surface area contributed by atoms with Gasteiger partial charge < -0.3 is 16.0 Å². The van der Waals surface area contributed by atoms with Gasteiger partial charge in [0.2, 0.25) is 0 Å². The molecule has 30 heavy (non-hydrogen) atoms. The summed E-state index contributed by atoms with van der Waals surface area (Å²) in [6, 6.07) is 9.33. The molecule has 9 heteroatoms. The number of hydrogen-bond donors (Lipinski definition) is 4. The summed E-state index contributed by atoms with van der Waals surface area (Å²) in [7, 11) is 0. The molecule has 0 aliphatic heterocycles. The molecule has 0 aliphatic carbocycles. The van der Waals surface area contributed by atoms with Crippen LogP contribution in [0.5, 0.6) is 0 Å². The van der Waals surface area contributed by atoms with Crippen molar-refractivity contribution < 1.29 is 4.79 Å². The summed E-state index contributed by atoms with van der Waals surface area (Å²) in [5, 5.41) is 16.7. The Morgan fingerprint density at radius 3 is 2.43 bits per heavy atom. The summed E-state index contributed by atoms with van der Waals surface area (Å²) in [5.41, 5.74) is 3.30. The Balaban J connectivity index is 1.72. The zero-order valence-electron chi connectivity index (χ0n) is 18.0. The molecule has 0 bridgehead atoms. The third-order valence-electron chi connectivity index (χ3n) is 3.92. The lowest BCUT2D eigenvalue weighted by Gasteiger charge is -2.21. The maximum Gasteiger partial charge on any atom is 0.319 e. The summed E-state index contributed by atoms with van der Waals surface area (Å²) in [6.45, 7) is 11.7. The highest BCUT2D eigenvalue weighted by molar-refractivity contribution is 7.99. The monoisotopic (exact) mass is 425 g/mol. The molecular weight excluding hydrogens is 398 g/mol. The van der Waals surface area contributed by atoms with Crippen LogP contribution in [0.2, 0.25) is 0 Å². The van der Waals surface area contributed by atoms with Gasteiger partial charge in [-0.25, -0.2) is 14.8 Å². The van der Waals surface area contributed by atoms with E-state index in [2.05, 4.69) is 36.1 Å². The molecule has 0 spiro atoms. The van der Waals surface area contributed by atoms with Crippen molar-refractivity contribution in [2.75, 3.05) is 10.6 Å². The normalized spacial score (nSPS) is 11.3. The van der Waals surface area contributed by atoms with Gasteiger partial charge in [-0.3, -0.25) is 5.10 Å². The van der Waals surface area contributed by atoms with Gasteiger partial charge in [0.15, 0.2) is 11.0 Å². The number of H-pyrrole nitrogens is 1. The third kappa shape index (κ3) is 6.21. The molecule has 3 rings (SSSR count). The van der Waals surface area contributed by atoms with Crippen molar-refractivity contribution in [3.63, 3.8) is 0 Å². The van der Waals surface area contributed by atoms with Gasteiger partial charge in [-0.15, -0.1) is 0 Å². The second kappa shape index (κ2) is 8.74. The molecular formula is C21H27N7OS. The van der Waals surface area contributed by atoms with Gasteiger partial charge in [0, 0.05) is 39.6 Å². The molecule has 0 saturated heterocycles. The topological polar surface area (TPSA) is 108 Å². The fourth-order valence-corrected chi connectivity index (χ4v) is 3.59. The highest BCUT2D eigenvalue weighted by atomic mass is 32.2. The van der Waals surface area contributed by atoms with Crippen molar-refractivity contribution in [2.24, 2.45) is 0 Å². The average molecular weight is 426 g/mol. The number of amides is 2. The van der Waals surface area contributed by atoms with Crippen LogP contribution in [-0.2, 0) is 0 Å². The van der Waals surface area contributed by atoms with Crippen LogP contribution >= 0.6 is 11.8 Å². The number of benzene rings is 1. The molecule has 0 saturated carbocycles. The number of rotatable bonds is 5. The molecule has 0 fully saturated rings. The van der Waals surface area contributed by atoms with Crippen molar-refractivity contribution in [3.8, 4) is 0 Å². The Hall–Kier alpha value is -3.07. The third-order valence-corrected chi connectivity index (χ3v) is 4.96. The molecule has 0 unspecified atom stereocenters. The van der Waals surface area contributed by atoms with Crippen LogP contribution in [0.15, 0.2) is 40.4 Å². The molecule has 158 valence electrons. The molecule has 0 atom stereocenters.